The molecule has 19 heavy (non-hydrogen) atoms. The maximum Gasteiger partial charge on any atom is 0.152 e. The van der Waals surface area contributed by atoms with Gasteiger partial charge in [0.1, 0.15) is 17.6 Å². The molecule has 0 amide bonds. The standard InChI is InChI=1S/C14H9BrF2N2/c1-8-2-5-11(16)14(13(8)17)19-12-6-10(15)4-3-9(12)7-18/h2-6,19H,1H3. The lowest BCUT2D eigenvalue weighted by Gasteiger charge is -2.12. The maximum atomic E-state index is 13.9. The van der Waals surface area contributed by atoms with Crippen LogP contribution in [0.5, 0.6) is 0 Å². The highest BCUT2D eigenvalue weighted by atomic mass is 79.9. The van der Waals surface area contributed by atoms with Crippen LogP contribution in [-0.4, -0.2) is 0 Å². The minimum Gasteiger partial charge on any atom is -0.350 e. The van der Waals surface area contributed by atoms with E-state index in [0.717, 1.165) is 0 Å². The van der Waals surface area contributed by atoms with Gasteiger partial charge < -0.3 is 5.32 Å². The molecule has 0 aromatic heterocycles. The van der Waals surface area contributed by atoms with Crippen molar-refractivity contribution in [3.63, 3.8) is 0 Å². The number of hydrogen-bond donors (Lipinski definition) is 1. The Kier molecular flexibility index (Phi) is 3.82. The largest absolute Gasteiger partial charge is 0.350 e. The zero-order valence-electron chi connectivity index (χ0n) is 9.97. The lowest BCUT2D eigenvalue weighted by Crippen LogP contribution is -2.01. The molecule has 0 heterocycles. The summed E-state index contributed by atoms with van der Waals surface area (Å²) in [6.45, 7) is 1.55. The molecular weight excluding hydrogens is 314 g/mol. The molecule has 0 aliphatic heterocycles. The van der Waals surface area contributed by atoms with Crippen molar-refractivity contribution < 1.29 is 8.78 Å². The zero-order valence-corrected chi connectivity index (χ0v) is 11.6. The lowest BCUT2D eigenvalue weighted by molar-refractivity contribution is 0.585. The summed E-state index contributed by atoms with van der Waals surface area (Å²) in [7, 11) is 0. The summed E-state index contributed by atoms with van der Waals surface area (Å²) in [6, 6.07) is 9.37. The normalized spacial score (nSPS) is 10.1. The third-order valence-corrected chi connectivity index (χ3v) is 3.14. The van der Waals surface area contributed by atoms with Gasteiger partial charge in [-0.05, 0) is 36.8 Å². The molecular formula is C14H9BrF2N2. The first kappa shape index (κ1) is 13.5. The highest BCUT2D eigenvalue weighted by Gasteiger charge is 2.13. The second-order valence-corrected chi connectivity index (χ2v) is 4.90. The van der Waals surface area contributed by atoms with Gasteiger partial charge in [0.05, 0.1) is 11.3 Å². The Morgan fingerprint density at radius 1 is 1.21 bits per heavy atom. The van der Waals surface area contributed by atoms with Crippen LogP contribution in [0.4, 0.5) is 20.2 Å². The Morgan fingerprint density at radius 3 is 2.63 bits per heavy atom. The predicted octanol–water partition coefficient (Wildman–Crippen LogP) is 4.65. The Balaban J connectivity index is 2.51. The molecule has 0 unspecified atom stereocenters. The molecule has 0 saturated heterocycles. The first-order valence-electron chi connectivity index (χ1n) is 5.44. The highest BCUT2D eigenvalue weighted by Crippen LogP contribution is 2.29. The quantitative estimate of drug-likeness (QED) is 0.873. The van der Waals surface area contributed by atoms with Crippen LogP contribution in [-0.2, 0) is 0 Å². The van der Waals surface area contributed by atoms with E-state index >= 15 is 0 Å². The van der Waals surface area contributed by atoms with E-state index in [0.29, 0.717) is 21.3 Å². The third kappa shape index (κ3) is 2.74. The first-order valence-corrected chi connectivity index (χ1v) is 6.23. The van der Waals surface area contributed by atoms with Gasteiger partial charge in [-0.1, -0.05) is 22.0 Å². The van der Waals surface area contributed by atoms with E-state index in [1.54, 1.807) is 25.1 Å². The maximum absolute atomic E-state index is 13.9. The van der Waals surface area contributed by atoms with Crippen LogP contribution in [0.1, 0.15) is 11.1 Å². The van der Waals surface area contributed by atoms with Crippen molar-refractivity contribution in [3.05, 3.63) is 57.6 Å². The molecule has 0 fully saturated rings. The number of anilines is 2. The Labute approximate surface area is 117 Å². The van der Waals surface area contributed by atoms with E-state index in [1.165, 1.54) is 12.1 Å². The van der Waals surface area contributed by atoms with Gasteiger partial charge in [-0.2, -0.15) is 5.26 Å². The molecule has 0 aliphatic rings. The topological polar surface area (TPSA) is 35.8 Å². The van der Waals surface area contributed by atoms with E-state index in [9.17, 15) is 8.78 Å². The summed E-state index contributed by atoms with van der Waals surface area (Å²) in [5.41, 5.74) is 0.732. The van der Waals surface area contributed by atoms with Gasteiger partial charge in [0, 0.05) is 4.47 Å². The van der Waals surface area contributed by atoms with Crippen molar-refractivity contribution in [3.8, 4) is 6.07 Å². The molecule has 0 aliphatic carbocycles. The molecule has 0 atom stereocenters. The van der Waals surface area contributed by atoms with Gasteiger partial charge in [0.25, 0.3) is 0 Å². The molecule has 2 nitrogen and oxygen atoms in total. The van der Waals surface area contributed by atoms with E-state index in [4.69, 9.17) is 5.26 Å². The van der Waals surface area contributed by atoms with Gasteiger partial charge in [0.2, 0.25) is 0 Å². The molecule has 2 rings (SSSR count). The van der Waals surface area contributed by atoms with Crippen molar-refractivity contribution in [2.24, 2.45) is 0 Å². The van der Waals surface area contributed by atoms with Gasteiger partial charge in [-0.3, -0.25) is 0 Å². The van der Waals surface area contributed by atoms with Gasteiger partial charge in [-0.15, -0.1) is 0 Å². The summed E-state index contributed by atoms with van der Waals surface area (Å²) < 4.78 is 28.3. The second kappa shape index (κ2) is 5.37. The number of aryl methyl sites for hydroxylation is 1. The second-order valence-electron chi connectivity index (χ2n) is 3.98. The van der Waals surface area contributed by atoms with Crippen LogP contribution in [0.2, 0.25) is 0 Å². The molecule has 5 heteroatoms. The molecule has 1 N–H and O–H groups in total. The molecule has 0 radical (unpaired) electrons. The Bertz CT molecular complexity index is 678. The van der Waals surface area contributed by atoms with E-state index < -0.39 is 11.6 Å². The first-order chi connectivity index (χ1) is 9.02. The van der Waals surface area contributed by atoms with E-state index in [1.807, 2.05) is 6.07 Å². The Hall–Kier alpha value is -1.93. The molecule has 0 bridgehead atoms. The van der Waals surface area contributed by atoms with Crippen LogP contribution < -0.4 is 5.32 Å². The third-order valence-electron chi connectivity index (χ3n) is 2.65. The van der Waals surface area contributed by atoms with Crippen LogP contribution in [0, 0.1) is 29.9 Å². The zero-order chi connectivity index (χ0) is 14.0. The monoisotopic (exact) mass is 322 g/mol. The fraction of sp³-hybridized carbons (Fsp3) is 0.0714. The lowest BCUT2D eigenvalue weighted by atomic mass is 10.1. The van der Waals surface area contributed by atoms with Crippen LogP contribution in [0.25, 0.3) is 0 Å². The van der Waals surface area contributed by atoms with Crippen LogP contribution in [0.15, 0.2) is 34.8 Å². The van der Waals surface area contributed by atoms with Crippen LogP contribution >= 0.6 is 15.9 Å². The molecule has 2 aromatic carbocycles. The van der Waals surface area contributed by atoms with Crippen molar-refractivity contribution in [2.75, 3.05) is 5.32 Å². The van der Waals surface area contributed by atoms with Gasteiger partial charge >= 0.3 is 0 Å². The summed E-state index contributed by atoms with van der Waals surface area (Å²) >= 11 is 3.25. The average Bonchev–Trinajstić information content (AvgIpc) is 2.39. The number of nitrogens with one attached hydrogen (secondary N) is 1. The average molecular weight is 323 g/mol. The SMILES string of the molecule is Cc1ccc(F)c(Nc2cc(Br)ccc2C#N)c1F. The molecule has 2 aromatic rings. The van der Waals surface area contributed by atoms with Gasteiger partial charge in [0.15, 0.2) is 5.82 Å². The fourth-order valence-corrected chi connectivity index (χ4v) is 1.98. The Morgan fingerprint density at radius 2 is 1.95 bits per heavy atom. The minimum atomic E-state index is -0.702. The number of halogens is 3. The summed E-state index contributed by atoms with van der Waals surface area (Å²) in [5, 5.41) is 11.6. The van der Waals surface area contributed by atoms with Gasteiger partial charge in [-0.25, -0.2) is 8.78 Å². The predicted molar refractivity (Wildman–Crippen MR) is 73.2 cm³/mol. The van der Waals surface area contributed by atoms with Crippen molar-refractivity contribution in [1.29, 1.82) is 5.26 Å². The van der Waals surface area contributed by atoms with Crippen LogP contribution in [0.3, 0.4) is 0 Å². The van der Waals surface area contributed by atoms with E-state index in [-0.39, 0.29) is 5.69 Å². The number of benzene rings is 2. The molecule has 96 valence electrons. The number of hydrogen-bond acceptors (Lipinski definition) is 2. The molecule has 0 spiro atoms. The number of rotatable bonds is 2. The van der Waals surface area contributed by atoms with E-state index in [2.05, 4.69) is 21.2 Å². The smallest absolute Gasteiger partial charge is 0.152 e. The highest BCUT2D eigenvalue weighted by molar-refractivity contribution is 9.10. The number of nitriles is 1. The molecule has 0 saturated carbocycles. The fourth-order valence-electron chi connectivity index (χ4n) is 1.62. The number of nitrogens with zero attached hydrogens (tertiary/aromatic N) is 1. The summed E-state index contributed by atoms with van der Waals surface area (Å²) in [6.07, 6.45) is 0. The van der Waals surface area contributed by atoms with Crippen molar-refractivity contribution in [2.45, 2.75) is 6.92 Å². The summed E-state index contributed by atoms with van der Waals surface area (Å²) in [4.78, 5) is 0. The summed E-state index contributed by atoms with van der Waals surface area (Å²) in [5.74, 6) is -1.36. The minimum absolute atomic E-state index is 0.255. The van der Waals surface area contributed by atoms with Crippen molar-refractivity contribution in [1.82, 2.24) is 0 Å². The van der Waals surface area contributed by atoms with Crippen molar-refractivity contribution >= 4 is 27.3 Å².